The van der Waals surface area contributed by atoms with E-state index in [1.807, 2.05) is 30.3 Å². The Balaban J connectivity index is 1.65. The number of nitrogens with zero attached hydrogens (tertiary/aromatic N) is 2. The Bertz CT molecular complexity index is 943. The molecule has 7 nitrogen and oxygen atoms in total. The molecule has 0 aliphatic heterocycles. The third-order valence-corrected chi connectivity index (χ3v) is 3.87. The number of amides is 1. The zero-order valence-electron chi connectivity index (χ0n) is 15.4. The molecule has 2 N–H and O–H groups in total. The molecule has 1 amide bonds. The number of hydrogen-bond donors (Lipinski definition) is 2. The van der Waals surface area contributed by atoms with E-state index in [9.17, 15) is 9.59 Å². The molecule has 1 heterocycles. The first-order chi connectivity index (χ1) is 13.7. The summed E-state index contributed by atoms with van der Waals surface area (Å²) >= 11 is 0. The van der Waals surface area contributed by atoms with E-state index < -0.39 is 11.9 Å². The summed E-state index contributed by atoms with van der Waals surface area (Å²) in [5.41, 5.74) is 1.90. The average molecular weight is 376 g/mol. The van der Waals surface area contributed by atoms with Crippen LogP contribution in [0.4, 0.5) is 11.5 Å². The highest BCUT2D eigenvalue weighted by Crippen LogP contribution is 2.17. The minimum atomic E-state index is -0.495. The van der Waals surface area contributed by atoms with Gasteiger partial charge in [-0.05, 0) is 24.6 Å². The van der Waals surface area contributed by atoms with Crippen molar-refractivity contribution in [3.63, 3.8) is 0 Å². The second-order valence-electron chi connectivity index (χ2n) is 5.85. The summed E-state index contributed by atoms with van der Waals surface area (Å²) in [5.74, 6) is -0.392. The van der Waals surface area contributed by atoms with Crippen molar-refractivity contribution in [2.45, 2.75) is 13.5 Å². The van der Waals surface area contributed by atoms with E-state index in [2.05, 4.69) is 20.6 Å². The Kier molecular flexibility index (Phi) is 6.30. The van der Waals surface area contributed by atoms with Gasteiger partial charge in [0.15, 0.2) is 0 Å². The standard InChI is InChI=1S/C21H20N4O3/c1-2-28-21(27)16-10-6-7-11-17(16)25-20(26)18-13-24-19(14-22-18)23-12-15-8-4-3-5-9-15/h3-11,13-14H,2,12H2,1H3,(H,23,24)(H,25,26). The topological polar surface area (TPSA) is 93.2 Å². The maximum atomic E-state index is 12.5. The lowest BCUT2D eigenvalue weighted by Crippen LogP contribution is -2.17. The van der Waals surface area contributed by atoms with Crippen LogP contribution in [0.5, 0.6) is 0 Å². The fourth-order valence-electron chi connectivity index (χ4n) is 2.49. The minimum Gasteiger partial charge on any atom is -0.462 e. The van der Waals surface area contributed by atoms with Crippen LogP contribution in [0.15, 0.2) is 67.0 Å². The van der Waals surface area contributed by atoms with Crippen LogP contribution in [0, 0.1) is 0 Å². The van der Waals surface area contributed by atoms with Crippen LogP contribution in [-0.2, 0) is 11.3 Å². The molecule has 3 rings (SSSR count). The van der Waals surface area contributed by atoms with E-state index in [1.54, 1.807) is 31.2 Å². The lowest BCUT2D eigenvalue weighted by Gasteiger charge is -2.10. The van der Waals surface area contributed by atoms with Gasteiger partial charge >= 0.3 is 5.97 Å². The Labute approximate surface area is 162 Å². The van der Waals surface area contributed by atoms with Crippen LogP contribution in [0.1, 0.15) is 33.3 Å². The van der Waals surface area contributed by atoms with Gasteiger partial charge in [0.25, 0.3) is 5.91 Å². The molecule has 0 saturated heterocycles. The molecule has 3 aromatic rings. The first kappa shape index (κ1) is 19.0. The van der Waals surface area contributed by atoms with Gasteiger partial charge in [-0.3, -0.25) is 4.79 Å². The highest BCUT2D eigenvalue weighted by Gasteiger charge is 2.15. The number of ether oxygens (including phenoxy) is 1. The molecule has 0 bridgehead atoms. The summed E-state index contributed by atoms with van der Waals surface area (Å²) in [6, 6.07) is 16.5. The Hall–Kier alpha value is -3.74. The molecular weight excluding hydrogens is 356 g/mol. The lowest BCUT2D eigenvalue weighted by atomic mass is 10.1. The number of nitrogens with one attached hydrogen (secondary N) is 2. The van der Waals surface area contributed by atoms with E-state index in [0.717, 1.165) is 5.56 Å². The number of carbonyl (C=O) groups excluding carboxylic acids is 2. The zero-order chi connectivity index (χ0) is 19.8. The van der Waals surface area contributed by atoms with E-state index in [4.69, 9.17) is 4.74 Å². The summed E-state index contributed by atoms with van der Waals surface area (Å²) < 4.78 is 5.01. The van der Waals surface area contributed by atoms with Crippen molar-refractivity contribution >= 4 is 23.4 Å². The molecule has 7 heteroatoms. The number of rotatable bonds is 7. The molecule has 28 heavy (non-hydrogen) atoms. The van der Waals surface area contributed by atoms with E-state index in [0.29, 0.717) is 18.1 Å². The van der Waals surface area contributed by atoms with Crippen LogP contribution in [0.25, 0.3) is 0 Å². The van der Waals surface area contributed by atoms with Crippen LogP contribution < -0.4 is 10.6 Å². The zero-order valence-corrected chi connectivity index (χ0v) is 15.4. The second kappa shape index (κ2) is 9.27. The number of benzene rings is 2. The van der Waals surface area contributed by atoms with Gasteiger partial charge in [-0.15, -0.1) is 0 Å². The quantitative estimate of drug-likeness (QED) is 0.613. The van der Waals surface area contributed by atoms with Gasteiger partial charge < -0.3 is 15.4 Å². The van der Waals surface area contributed by atoms with Crippen LogP contribution in [0.2, 0.25) is 0 Å². The van der Waals surface area contributed by atoms with Gasteiger partial charge in [0.05, 0.1) is 30.3 Å². The Morgan fingerprint density at radius 2 is 1.71 bits per heavy atom. The molecule has 0 saturated carbocycles. The Morgan fingerprint density at radius 1 is 0.964 bits per heavy atom. The summed E-state index contributed by atoms with van der Waals surface area (Å²) in [6.45, 7) is 2.58. The predicted octanol–water partition coefficient (Wildman–Crippen LogP) is 3.52. The summed E-state index contributed by atoms with van der Waals surface area (Å²) in [7, 11) is 0. The summed E-state index contributed by atoms with van der Waals surface area (Å²) in [4.78, 5) is 32.8. The van der Waals surface area contributed by atoms with Crippen molar-refractivity contribution < 1.29 is 14.3 Å². The molecule has 0 fully saturated rings. The number of hydrogen-bond acceptors (Lipinski definition) is 6. The minimum absolute atomic E-state index is 0.143. The van der Waals surface area contributed by atoms with Gasteiger partial charge in [0, 0.05) is 6.54 Å². The van der Waals surface area contributed by atoms with Crippen molar-refractivity contribution in [2.75, 3.05) is 17.2 Å². The van der Waals surface area contributed by atoms with Gasteiger partial charge in [0.1, 0.15) is 11.5 Å². The third-order valence-electron chi connectivity index (χ3n) is 3.87. The van der Waals surface area contributed by atoms with Gasteiger partial charge in [-0.1, -0.05) is 42.5 Å². The molecule has 0 aliphatic rings. The molecule has 2 aromatic carbocycles. The first-order valence-corrected chi connectivity index (χ1v) is 8.84. The fraction of sp³-hybridized carbons (Fsp3) is 0.143. The average Bonchev–Trinajstić information content (AvgIpc) is 2.74. The SMILES string of the molecule is CCOC(=O)c1ccccc1NC(=O)c1cnc(NCc2ccccc2)cn1. The van der Waals surface area contributed by atoms with Crippen LogP contribution in [-0.4, -0.2) is 28.5 Å². The molecule has 0 spiro atoms. The molecule has 142 valence electrons. The monoisotopic (exact) mass is 376 g/mol. The predicted molar refractivity (Wildman–Crippen MR) is 106 cm³/mol. The highest BCUT2D eigenvalue weighted by molar-refractivity contribution is 6.06. The van der Waals surface area contributed by atoms with Crippen molar-refractivity contribution in [2.24, 2.45) is 0 Å². The molecule has 0 unspecified atom stereocenters. The summed E-state index contributed by atoms with van der Waals surface area (Å²) in [6.07, 6.45) is 2.88. The number of carbonyl (C=O) groups is 2. The van der Waals surface area contributed by atoms with E-state index in [1.165, 1.54) is 12.4 Å². The van der Waals surface area contributed by atoms with E-state index >= 15 is 0 Å². The van der Waals surface area contributed by atoms with Crippen molar-refractivity contribution in [3.8, 4) is 0 Å². The normalized spacial score (nSPS) is 10.2. The van der Waals surface area contributed by atoms with Crippen molar-refractivity contribution in [1.82, 2.24) is 9.97 Å². The molecule has 0 atom stereocenters. The number of anilines is 2. The van der Waals surface area contributed by atoms with Crippen molar-refractivity contribution in [1.29, 1.82) is 0 Å². The number of esters is 1. The second-order valence-corrected chi connectivity index (χ2v) is 5.85. The molecule has 0 radical (unpaired) electrons. The Morgan fingerprint density at radius 3 is 2.43 bits per heavy atom. The molecular formula is C21H20N4O3. The highest BCUT2D eigenvalue weighted by atomic mass is 16.5. The first-order valence-electron chi connectivity index (χ1n) is 8.84. The largest absolute Gasteiger partial charge is 0.462 e. The van der Waals surface area contributed by atoms with Crippen molar-refractivity contribution in [3.05, 3.63) is 83.8 Å². The fourth-order valence-corrected chi connectivity index (χ4v) is 2.49. The summed E-state index contributed by atoms with van der Waals surface area (Å²) in [5, 5.41) is 5.83. The van der Waals surface area contributed by atoms with Crippen LogP contribution >= 0.6 is 0 Å². The third kappa shape index (κ3) is 4.91. The smallest absolute Gasteiger partial charge is 0.340 e. The number of para-hydroxylation sites is 1. The van der Waals surface area contributed by atoms with Gasteiger partial charge in [0.2, 0.25) is 0 Å². The molecule has 0 aliphatic carbocycles. The maximum Gasteiger partial charge on any atom is 0.340 e. The molecule has 1 aromatic heterocycles. The van der Waals surface area contributed by atoms with Crippen LogP contribution in [0.3, 0.4) is 0 Å². The maximum absolute atomic E-state index is 12.5. The van der Waals surface area contributed by atoms with E-state index in [-0.39, 0.29) is 17.9 Å². The lowest BCUT2D eigenvalue weighted by molar-refractivity contribution is 0.0527. The number of aromatic nitrogens is 2. The van der Waals surface area contributed by atoms with Gasteiger partial charge in [-0.2, -0.15) is 0 Å². The van der Waals surface area contributed by atoms with Gasteiger partial charge in [-0.25, -0.2) is 14.8 Å².